The Labute approximate surface area is 128 Å². The first-order valence-corrected chi connectivity index (χ1v) is 7.45. The van der Waals surface area contributed by atoms with Gasteiger partial charge < -0.3 is 10.1 Å². The van der Waals surface area contributed by atoms with E-state index >= 15 is 0 Å². The summed E-state index contributed by atoms with van der Waals surface area (Å²) in [5.74, 6) is 1.59. The van der Waals surface area contributed by atoms with Gasteiger partial charge in [0.05, 0.1) is 6.20 Å². The van der Waals surface area contributed by atoms with Crippen molar-refractivity contribution in [1.82, 2.24) is 10.3 Å². The number of benzene rings is 1. The standard InChI is InChI=1S/C16H19BrN2O/c1-11(2)19-8-13-4-5-16(12(3)6-13)20-15-7-14(17)9-18-10-15/h4-7,9-11,19H,8H2,1-3H3. The number of aryl methyl sites for hydroxylation is 1. The van der Waals surface area contributed by atoms with Crippen molar-refractivity contribution in [1.29, 1.82) is 0 Å². The maximum atomic E-state index is 5.86. The molecule has 0 aliphatic rings. The number of hydrogen-bond acceptors (Lipinski definition) is 3. The molecule has 1 aromatic carbocycles. The van der Waals surface area contributed by atoms with Crippen LogP contribution >= 0.6 is 15.9 Å². The van der Waals surface area contributed by atoms with Gasteiger partial charge in [-0.25, -0.2) is 0 Å². The normalized spacial score (nSPS) is 10.8. The Morgan fingerprint density at radius 1 is 1.25 bits per heavy atom. The summed E-state index contributed by atoms with van der Waals surface area (Å²) < 4.78 is 6.77. The summed E-state index contributed by atoms with van der Waals surface area (Å²) >= 11 is 3.39. The lowest BCUT2D eigenvalue weighted by Crippen LogP contribution is -2.21. The number of halogens is 1. The van der Waals surface area contributed by atoms with Crippen molar-refractivity contribution in [2.75, 3.05) is 0 Å². The highest BCUT2D eigenvalue weighted by Gasteiger charge is 2.04. The van der Waals surface area contributed by atoms with E-state index in [1.54, 1.807) is 12.4 Å². The summed E-state index contributed by atoms with van der Waals surface area (Å²) in [5, 5.41) is 3.41. The Bertz CT molecular complexity index is 584. The van der Waals surface area contributed by atoms with E-state index in [0.29, 0.717) is 6.04 Å². The van der Waals surface area contributed by atoms with Gasteiger partial charge in [0.25, 0.3) is 0 Å². The van der Waals surface area contributed by atoms with E-state index in [1.165, 1.54) is 5.56 Å². The van der Waals surface area contributed by atoms with Crippen LogP contribution in [-0.4, -0.2) is 11.0 Å². The van der Waals surface area contributed by atoms with Gasteiger partial charge in [-0.05, 0) is 46.1 Å². The molecule has 3 nitrogen and oxygen atoms in total. The van der Waals surface area contributed by atoms with Crippen LogP contribution < -0.4 is 10.1 Å². The zero-order valence-corrected chi connectivity index (χ0v) is 13.6. The van der Waals surface area contributed by atoms with E-state index < -0.39 is 0 Å². The maximum absolute atomic E-state index is 5.86. The van der Waals surface area contributed by atoms with Crippen LogP contribution in [0.15, 0.2) is 41.1 Å². The fourth-order valence-corrected chi connectivity index (χ4v) is 2.18. The van der Waals surface area contributed by atoms with E-state index in [-0.39, 0.29) is 0 Å². The van der Waals surface area contributed by atoms with Crippen molar-refractivity contribution in [2.45, 2.75) is 33.4 Å². The first-order valence-electron chi connectivity index (χ1n) is 6.66. The molecule has 0 bridgehead atoms. The first kappa shape index (κ1) is 15.0. The van der Waals surface area contributed by atoms with Crippen LogP contribution in [0.3, 0.4) is 0 Å². The van der Waals surface area contributed by atoms with Gasteiger partial charge in [0.15, 0.2) is 0 Å². The minimum Gasteiger partial charge on any atom is -0.455 e. The summed E-state index contributed by atoms with van der Waals surface area (Å²) in [6, 6.07) is 8.63. The monoisotopic (exact) mass is 334 g/mol. The minimum atomic E-state index is 0.485. The second kappa shape index (κ2) is 6.86. The first-order chi connectivity index (χ1) is 9.54. The Balaban J connectivity index is 2.09. The summed E-state index contributed by atoms with van der Waals surface area (Å²) in [6.07, 6.45) is 3.44. The summed E-state index contributed by atoms with van der Waals surface area (Å²) in [4.78, 5) is 4.09. The number of ether oxygens (including phenoxy) is 1. The predicted octanol–water partition coefficient (Wildman–Crippen LogP) is 4.44. The van der Waals surface area contributed by atoms with Crippen molar-refractivity contribution < 1.29 is 4.74 Å². The van der Waals surface area contributed by atoms with Gasteiger partial charge in [-0.3, -0.25) is 4.98 Å². The van der Waals surface area contributed by atoms with Gasteiger partial charge in [0.2, 0.25) is 0 Å². The second-order valence-electron chi connectivity index (χ2n) is 5.08. The average molecular weight is 335 g/mol. The zero-order chi connectivity index (χ0) is 14.5. The van der Waals surface area contributed by atoms with Crippen molar-refractivity contribution in [3.63, 3.8) is 0 Å². The molecule has 106 valence electrons. The Hall–Kier alpha value is -1.39. The van der Waals surface area contributed by atoms with Gasteiger partial charge in [-0.2, -0.15) is 0 Å². The predicted molar refractivity (Wildman–Crippen MR) is 85.2 cm³/mol. The van der Waals surface area contributed by atoms with Crippen LogP contribution in [0.4, 0.5) is 0 Å². The fourth-order valence-electron chi connectivity index (χ4n) is 1.83. The van der Waals surface area contributed by atoms with Gasteiger partial charge >= 0.3 is 0 Å². The molecule has 0 atom stereocenters. The van der Waals surface area contributed by atoms with Crippen LogP contribution in [0.5, 0.6) is 11.5 Å². The van der Waals surface area contributed by atoms with Crippen LogP contribution in [0.25, 0.3) is 0 Å². The maximum Gasteiger partial charge on any atom is 0.146 e. The van der Waals surface area contributed by atoms with Gasteiger partial charge in [0, 0.05) is 23.3 Å². The van der Waals surface area contributed by atoms with Crippen LogP contribution in [-0.2, 0) is 6.54 Å². The average Bonchev–Trinajstić information content (AvgIpc) is 2.39. The van der Waals surface area contributed by atoms with Crippen molar-refractivity contribution >= 4 is 15.9 Å². The molecule has 0 radical (unpaired) electrons. The largest absolute Gasteiger partial charge is 0.455 e. The summed E-state index contributed by atoms with van der Waals surface area (Å²) in [6.45, 7) is 7.21. The molecule has 2 rings (SSSR count). The number of rotatable bonds is 5. The second-order valence-corrected chi connectivity index (χ2v) is 5.99. The summed E-state index contributed by atoms with van der Waals surface area (Å²) in [5.41, 5.74) is 2.38. The van der Waals surface area contributed by atoms with E-state index in [4.69, 9.17) is 4.74 Å². The third-order valence-corrected chi connectivity index (χ3v) is 3.30. The lowest BCUT2D eigenvalue weighted by atomic mass is 10.1. The van der Waals surface area contributed by atoms with Crippen molar-refractivity contribution in [3.05, 3.63) is 52.3 Å². The Morgan fingerprint density at radius 3 is 2.70 bits per heavy atom. The molecule has 0 spiro atoms. The number of nitrogens with zero attached hydrogens (tertiary/aromatic N) is 1. The van der Waals surface area contributed by atoms with E-state index in [1.807, 2.05) is 12.1 Å². The molecule has 1 N–H and O–H groups in total. The molecule has 0 aliphatic heterocycles. The molecule has 1 heterocycles. The third-order valence-electron chi connectivity index (χ3n) is 2.86. The molecule has 20 heavy (non-hydrogen) atoms. The molecule has 0 amide bonds. The van der Waals surface area contributed by atoms with Crippen LogP contribution in [0, 0.1) is 6.92 Å². The Kier molecular flexibility index (Phi) is 5.15. The smallest absolute Gasteiger partial charge is 0.146 e. The molecule has 0 saturated carbocycles. The zero-order valence-electron chi connectivity index (χ0n) is 12.0. The molecule has 0 saturated heterocycles. The molecule has 0 fully saturated rings. The quantitative estimate of drug-likeness (QED) is 0.877. The molecular formula is C16H19BrN2O. The molecule has 4 heteroatoms. The Morgan fingerprint density at radius 2 is 2.05 bits per heavy atom. The number of pyridine rings is 1. The van der Waals surface area contributed by atoms with Crippen LogP contribution in [0.1, 0.15) is 25.0 Å². The van der Waals surface area contributed by atoms with E-state index in [0.717, 1.165) is 28.1 Å². The lowest BCUT2D eigenvalue weighted by molar-refractivity contribution is 0.475. The highest BCUT2D eigenvalue weighted by molar-refractivity contribution is 9.10. The molecule has 1 aromatic heterocycles. The van der Waals surface area contributed by atoms with Gasteiger partial charge in [0.1, 0.15) is 11.5 Å². The number of hydrogen-bond donors (Lipinski definition) is 1. The SMILES string of the molecule is Cc1cc(CNC(C)C)ccc1Oc1cncc(Br)c1. The van der Waals surface area contributed by atoms with Gasteiger partial charge in [-0.1, -0.05) is 26.0 Å². The van der Waals surface area contributed by atoms with Crippen molar-refractivity contribution in [2.24, 2.45) is 0 Å². The van der Waals surface area contributed by atoms with Crippen molar-refractivity contribution in [3.8, 4) is 11.5 Å². The van der Waals surface area contributed by atoms with E-state index in [2.05, 4.69) is 59.1 Å². The molecule has 2 aromatic rings. The number of aromatic nitrogens is 1. The fraction of sp³-hybridized carbons (Fsp3) is 0.312. The molecular weight excluding hydrogens is 316 g/mol. The van der Waals surface area contributed by atoms with Gasteiger partial charge in [-0.15, -0.1) is 0 Å². The lowest BCUT2D eigenvalue weighted by Gasteiger charge is -2.12. The topological polar surface area (TPSA) is 34.1 Å². The highest BCUT2D eigenvalue weighted by Crippen LogP contribution is 2.26. The highest BCUT2D eigenvalue weighted by atomic mass is 79.9. The summed E-state index contributed by atoms with van der Waals surface area (Å²) in [7, 11) is 0. The minimum absolute atomic E-state index is 0.485. The van der Waals surface area contributed by atoms with Crippen LogP contribution in [0.2, 0.25) is 0 Å². The molecule has 0 aliphatic carbocycles. The number of nitrogens with one attached hydrogen (secondary N) is 1. The molecule has 0 unspecified atom stereocenters. The van der Waals surface area contributed by atoms with E-state index in [9.17, 15) is 0 Å². The third kappa shape index (κ3) is 4.32.